The smallest absolute Gasteiger partial charge is 0.242 e. The maximum atomic E-state index is 12.1. The van der Waals surface area contributed by atoms with Crippen molar-refractivity contribution in [2.24, 2.45) is 5.92 Å². The van der Waals surface area contributed by atoms with Gasteiger partial charge in [-0.05, 0) is 43.8 Å². The van der Waals surface area contributed by atoms with E-state index in [1.54, 1.807) is 0 Å². The van der Waals surface area contributed by atoms with Crippen molar-refractivity contribution in [1.29, 1.82) is 0 Å². The third-order valence-corrected chi connectivity index (χ3v) is 6.47. The van der Waals surface area contributed by atoms with E-state index < -0.39 is 16.1 Å². The van der Waals surface area contributed by atoms with E-state index in [-0.39, 0.29) is 17.4 Å². The van der Waals surface area contributed by atoms with Gasteiger partial charge in [0.1, 0.15) is 4.90 Å². The van der Waals surface area contributed by atoms with Crippen LogP contribution in [0.1, 0.15) is 13.8 Å². The Morgan fingerprint density at radius 3 is 2.41 bits per heavy atom. The fourth-order valence-corrected chi connectivity index (χ4v) is 6.34. The van der Waals surface area contributed by atoms with E-state index in [2.05, 4.69) is 36.6 Å². The van der Waals surface area contributed by atoms with Gasteiger partial charge in [0.05, 0.1) is 14.2 Å². The Kier molecular flexibility index (Phi) is 5.61. The van der Waals surface area contributed by atoms with Gasteiger partial charge in [0.25, 0.3) is 0 Å². The Balaban J connectivity index is 3.00. The lowest BCUT2D eigenvalue weighted by Crippen LogP contribution is -2.41. The van der Waals surface area contributed by atoms with Crippen LogP contribution >= 0.6 is 43.2 Å². The highest BCUT2D eigenvalue weighted by Gasteiger charge is 2.25. The van der Waals surface area contributed by atoms with Crippen LogP contribution in [-0.4, -0.2) is 26.2 Å². The van der Waals surface area contributed by atoms with Gasteiger partial charge in [0.15, 0.2) is 0 Å². The molecule has 2 N–H and O–H groups in total. The molecule has 0 radical (unpaired) electrons. The number of aliphatic hydroxyl groups is 1. The van der Waals surface area contributed by atoms with Crippen LogP contribution in [-0.2, 0) is 10.0 Å². The van der Waals surface area contributed by atoms with Gasteiger partial charge < -0.3 is 5.11 Å². The summed E-state index contributed by atoms with van der Waals surface area (Å²) in [6.07, 6.45) is 0. The second kappa shape index (κ2) is 6.12. The number of aliphatic hydroxyl groups excluding tert-OH is 1. The molecule has 0 aromatic carbocycles. The first-order valence-electron chi connectivity index (χ1n) is 4.86. The molecule has 1 aromatic heterocycles. The van der Waals surface area contributed by atoms with E-state index in [4.69, 9.17) is 5.11 Å². The lowest BCUT2D eigenvalue weighted by atomic mass is 10.1. The van der Waals surface area contributed by atoms with Crippen LogP contribution in [0.15, 0.2) is 18.5 Å². The largest absolute Gasteiger partial charge is 0.395 e. The molecule has 0 spiro atoms. The Bertz CT molecular complexity index is 484. The van der Waals surface area contributed by atoms with E-state index in [0.717, 1.165) is 3.79 Å². The number of sulfonamides is 1. The molecule has 1 aromatic rings. The summed E-state index contributed by atoms with van der Waals surface area (Å²) in [7, 11) is -3.60. The second-order valence-corrected chi connectivity index (χ2v) is 9.27. The lowest BCUT2D eigenvalue weighted by molar-refractivity contribution is 0.227. The highest BCUT2D eigenvalue weighted by molar-refractivity contribution is 9.12. The van der Waals surface area contributed by atoms with Crippen LogP contribution in [0.5, 0.6) is 0 Å². The van der Waals surface area contributed by atoms with E-state index in [1.807, 2.05) is 13.8 Å². The third kappa shape index (κ3) is 4.00. The van der Waals surface area contributed by atoms with Crippen LogP contribution in [0.4, 0.5) is 0 Å². The number of rotatable bonds is 5. The minimum Gasteiger partial charge on any atom is -0.395 e. The van der Waals surface area contributed by atoms with Gasteiger partial charge in [-0.3, -0.25) is 0 Å². The summed E-state index contributed by atoms with van der Waals surface area (Å²) >= 11 is 7.73. The first-order chi connectivity index (χ1) is 7.77. The first-order valence-corrected chi connectivity index (χ1v) is 8.74. The van der Waals surface area contributed by atoms with Crippen LogP contribution in [0.2, 0.25) is 0 Å². The van der Waals surface area contributed by atoms with Crippen molar-refractivity contribution in [3.63, 3.8) is 0 Å². The van der Waals surface area contributed by atoms with E-state index >= 15 is 0 Å². The molecule has 1 atom stereocenters. The molecule has 0 aliphatic carbocycles. The summed E-state index contributed by atoms with van der Waals surface area (Å²) in [6.45, 7) is 3.48. The molecule has 1 heterocycles. The van der Waals surface area contributed by atoms with Crippen molar-refractivity contribution >= 4 is 53.2 Å². The van der Waals surface area contributed by atoms with Gasteiger partial charge in [0.2, 0.25) is 10.0 Å². The number of hydrogen-bond donors (Lipinski definition) is 2. The highest BCUT2D eigenvalue weighted by atomic mass is 79.9. The number of nitrogens with one attached hydrogen (secondary N) is 1. The minimum atomic E-state index is -3.60. The summed E-state index contributed by atoms with van der Waals surface area (Å²) in [6, 6.07) is 1.05. The molecule has 0 fully saturated rings. The van der Waals surface area contributed by atoms with Gasteiger partial charge in [-0.2, -0.15) is 0 Å². The Labute approximate surface area is 122 Å². The predicted molar refractivity (Wildman–Crippen MR) is 75.8 cm³/mol. The number of hydrogen-bond acceptors (Lipinski definition) is 4. The fraction of sp³-hybridized carbons (Fsp3) is 0.556. The quantitative estimate of drug-likeness (QED) is 0.789. The van der Waals surface area contributed by atoms with Crippen molar-refractivity contribution in [2.45, 2.75) is 24.8 Å². The molecule has 0 amide bonds. The SMILES string of the molecule is CC(C)[C@@H](CO)NS(=O)(=O)c1cc(Br)sc1Br. The molecule has 1 rings (SSSR count). The molecular weight excluding hydrogens is 394 g/mol. The Hall–Kier alpha value is 0.530. The van der Waals surface area contributed by atoms with Gasteiger partial charge in [-0.25, -0.2) is 13.1 Å². The molecule has 4 nitrogen and oxygen atoms in total. The zero-order valence-corrected chi connectivity index (χ0v) is 14.1. The average Bonchev–Trinajstić information content (AvgIpc) is 2.54. The van der Waals surface area contributed by atoms with Crippen molar-refractivity contribution in [3.05, 3.63) is 13.6 Å². The van der Waals surface area contributed by atoms with Crippen molar-refractivity contribution < 1.29 is 13.5 Å². The van der Waals surface area contributed by atoms with Crippen molar-refractivity contribution in [2.75, 3.05) is 6.61 Å². The summed E-state index contributed by atoms with van der Waals surface area (Å²) in [4.78, 5) is 0.188. The summed E-state index contributed by atoms with van der Waals surface area (Å²) in [5.74, 6) is 0.0237. The maximum absolute atomic E-state index is 12.1. The van der Waals surface area contributed by atoms with Crippen molar-refractivity contribution in [3.8, 4) is 0 Å². The van der Waals surface area contributed by atoms with Crippen molar-refractivity contribution in [1.82, 2.24) is 4.72 Å². The van der Waals surface area contributed by atoms with E-state index in [0.29, 0.717) is 3.79 Å². The molecule has 0 bridgehead atoms. The zero-order valence-electron chi connectivity index (χ0n) is 9.28. The predicted octanol–water partition coefficient (Wildman–Crippen LogP) is 2.57. The zero-order chi connectivity index (χ0) is 13.2. The molecule has 98 valence electrons. The maximum Gasteiger partial charge on any atom is 0.242 e. The van der Waals surface area contributed by atoms with E-state index in [1.165, 1.54) is 17.4 Å². The van der Waals surface area contributed by atoms with Crippen LogP contribution < -0.4 is 4.72 Å². The molecular formula is C9H13Br2NO3S2. The molecule has 0 aliphatic heterocycles. The number of halogens is 2. The normalized spacial score (nSPS) is 14.2. The lowest BCUT2D eigenvalue weighted by Gasteiger charge is -2.19. The Morgan fingerprint density at radius 1 is 1.47 bits per heavy atom. The summed E-state index contributed by atoms with van der Waals surface area (Å²) in [5, 5.41) is 9.14. The first kappa shape index (κ1) is 15.6. The van der Waals surface area contributed by atoms with Gasteiger partial charge in [-0.1, -0.05) is 13.8 Å². The standard InChI is InChI=1S/C9H13Br2NO3S2/c1-5(2)6(4-13)12-17(14,15)7-3-8(10)16-9(7)11/h3,5-6,12-13H,4H2,1-2H3/t6-/m1/s1. The average molecular weight is 407 g/mol. The Morgan fingerprint density at radius 2 is 2.06 bits per heavy atom. The third-order valence-electron chi connectivity index (χ3n) is 2.22. The molecule has 17 heavy (non-hydrogen) atoms. The van der Waals surface area contributed by atoms with Crippen LogP contribution in [0, 0.1) is 5.92 Å². The minimum absolute atomic E-state index is 0.0237. The molecule has 0 aliphatic rings. The monoisotopic (exact) mass is 405 g/mol. The number of thiophene rings is 1. The van der Waals surface area contributed by atoms with E-state index in [9.17, 15) is 8.42 Å². The van der Waals surface area contributed by atoms with Crippen LogP contribution in [0.25, 0.3) is 0 Å². The summed E-state index contributed by atoms with van der Waals surface area (Å²) < 4.78 is 27.9. The van der Waals surface area contributed by atoms with Crippen LogP contribution in [0.3, 0.4) is 0 Å². The van der Waals surface area contributed by atoms with Gasteiger partial charge in [-0.15, -0.1) is 11.3 Å². The molecule has 0 unspecified atom stereocenters. The molecule has 0 saturated heterocycles. The highest BCUT2D eigenvalue weighted by Crippen LogP contribution is 2.34. The fourth-order valence-electron chi connectivity index (χ4n) is 1.16. The topological polar surface area (TPSA) is 66.4 Å². The van der Waals surface area contributed by atoms with Gasteiger partial charge >= 0.3 is 0 Å². The molecule has 0 saturated carbocycles. The summed E-state index contributed by atoms with van der Waals surface area (Å²) in [5.41, 5.74) is 0. The second-order valence-electron chi connectivity index (χ2n) is 3.84. The molecule has 8 heteroatoms. The van der Waals surface area contributed by atoms with Gasteiger partial charge in [0, 0.05) is 6.04 Å².